The summed E-state index contributed by atoms with van der Waals surface area (Å²) in [7, 11) is 0. The van der Waals surface area contributed by atoms with Crippen LogP contribution in [-0.4, -0.2) is 14.8 Å². The number of aryl methyl sites for hydroxylation is 1. The summed E-state index contributed by atoms with van der Waals surface area (Å²) in [5.74, 6) is 0. The van der Waals surface area contributed by atoms with Gasteiger partial charge in [-0.15, -0.1) is 0 Å². The number of aromatic nitrogens is 3. The van der Waals surface area contributed by atoms with Crippen LogP contribution in [0.25, 0.3) is 0 Å². The second kappa shape index (κ2) is 5.59. The molecule has 1 heterocycles. The molecule has 0 spiro atoms. The van der Waals surface area contributed by atoms with Crippen LogP contribution in [0.1, 0.15) is 28.3 Å². The zero-order valence-corrected chi connectivity index (χ0v) is 11.6. The fourth-order valence-electron chi connectivity index (χ4n) is 2.34. The molecule has 21 heavy (non-hydrogen) atoms. The lowest BCUT2D eigenvalue weighted by atomic mass is 9.97. The third kappa shape index (κ3) is 2.67. The minimum absolute atomic E-state index is 0.0409. The van der Waals surface area contributed by atoms with Crippen LogP contribution in [0.5, 0.6) is 0 Å². The number of rotatable bonds is 3. The second-order valence-electron chi connectivity index (χ2n) is 4.92. The van der Waals surface area contributed by atoms with Crippen LogP contribution < -0.4 is 0 Å². The molecule has 1 unspecified atom stereocenters. The Hall–Kier alpha value is -2.93. The summed E-state index contributed by atoms with van der Waals surface area (Å²) in [5.41, 5.74) is 4.08. The summed E-state index contributed by atoms with van der Waals surface area (Å²) in [6.45, 7) is 2.07. The van der Waals surface area contributed by atoms with Gasteiger partial charge in [0.2, 0.25) is 0 Å². The maximum absolute atomic E-state index is 8.92. The van der Waals surface area contributed by atoms with Gasteiger partial charge in [-0.05, 0) is 30.2 Å². The van der Waals surface area contributed by atoms with Crippen LogP contribution in [0.3, 0.4) is 0 Å². The molecule has 4 nitrogen and oxygen atoms in total. The molecule has 1 atom stereocenters. The van der Waals surface area contributed by atoms with Crippen LogP contribution in [-0.2, 0) is 0 Å². The van der Waals surface area contributed by atoms with Crippen LogP contribution in [0.2, 0.25) is 0 Å². The van der Waals surface area contributed by atoms with E-state index in [0.29, 0.717) is 5.56 Å². The molecule has 0 saturated heterocycles. The molecule has 3 rings (SSSR count). The normalized spacial score (nSPS) is 11.8. The number of nitrogens with zero attached hydrogens (tertiary/aromatic N) is 4. The number of hydrogen-bond donors (Lipinski definition) is 0. The molecule has 0 radical (unpaired) electrons. The largest absolute Gasteiger partial charge is 0.241 e. The Morgan fingerprint density at radius 2 is 1.62 bits per heavy atom. The van der Waals surface area contributed by atoms with Gasteiger partial charge in [-0.2, -0.15) is 10.4 Å². The lowest BCUT2D eigenvalue weighted by Crippen LogP contribution is -2.13. The summed E-state index contributed by atoms with van der Waals surface area (Å²) >= 11 is 0. The molecule has 3 aromatic rings. The van der Waals surface area contributed by atoms with Gasteiger partial charge >= 0.3 is 0 Å². The molecule has 0 aliphatic heterocycles. The van der Waals surface area contributed by atoms with Crippen molar-refractivity contribution in [1.82, 2.24) is 14.8 Å². The third-order valence-corrected chi connectivity index (χ3v) is 3.45. The summed E-state index contributed by atoms with van der Waals surface area (Å²) in [6.07, 6.45) is 3.24. The van der Waals surface area contributed by atoms with E-state index >= 15 is 0 Å². The average Bonchev–Trinajstić information content (AvgIpc) is 3.04. The van der Waals surface area contributed by atoms with Gasteiger partial charge in [0.1, 0.15) is 18.7 Å². The molecular formula is C17H14N4. The molecule has 0 N–H and O–H groups in total. The molecule has 0 aliphatic carbocycles. The molecule has 2 aromatic carbocycles. The maximum atomic E-state index is 8.92. The smallest absolute Gasteiger partial charge is 0.137 e. The highest BCUT2D eigenvalue weighted by Gasteiger charge is 2.16. The zero-order valence-electron chi connectivity index (χ0n) is 11.6. The molecule has 0 saturated carbocycles. The molecule has 0 fully saturated rings. The van der Waals surface area contributed by atoms with E-state index in [1.807, 2.05) is 28.9 Å². The molecule has 102 valence electrons. The first-order valence-corrected chi connectivity index (χ1v) is 6.68. The minimum atomic E-state index is -0.0409. The van der Waals surface area contributed by atoms with E-state index in [9.17, 15) is 0 Å². The van der Waals surface area contributed by atoms with Crippen LogP contribution >= 0.6 is 0 Å². The van der Waals surface area contributed by atoms with Gasteiger partial charge in [0.25, 0.3) is 0 Å². The lowest BCUT2D eigenvalue weighted by Gasteiger charge is -2.18. The Morgan fingerprint density at radius 3 is 2.14 bits per heavy atom. The van der Waals surface area contributed by atoms with Gasteiger partial charge in [0.05, 0.1) is 11.6 Å². The summed E-state index contributed by atoms with van der Waals surface area (Å²) in [6, 6.07) is 18.0. The predicted octanol–water partition coefficient (Wildman–Crippen LogP) is 3.10. The van der Waals surface area contributed by atoms with Crippen molar-refractivity contribution >= 4 is 0 Å². The van der Waals surface area contributed by atoms with Crippen molar-refractivity contribution in [3.05, 3.63) is 83.4 Å². The topological polar surface area (TPSA) is 54.5 Å². The molecule has 4 heteroatoms. The van der Waals surface area contributed by atoms with Crippen molar-refractivity contribution in [3.63, 3.8) is 0 Å². The Kier molecular flexibility index (Phi) is 3.48. The highest BCUT2D eigenvalue weighted by atomic mass is 15.3. The molecular weight excluding hydrogens is 260 g/mol. The zero-order chi connectivity index (χ0) is 14.7. The van der Waals surface area contributed by atoms with Crippen LogP contribution in [0.4, 0.5) is 0 Å². The van der Waals surface area contributed by atoms with Gasteiger partial charge in [-0.1, -0.05) is 42.0 Å². The molecule has 1 aromatic heterocycles. The summed E-state index contributed by atoms with van der Waals surface area (Å²) in [4.78, 5) is 4.04. The highest BCUT2D eigenvalue weighted by molar-refractivity contribution is 5.38. The van der Waals surface area contributed by atoms with E-state index in [1.165, 1.54) is 11.9 Å². The van der Waals surface area contributed by atoms with Gasteiger partial charge in [-0.25, -0.2) is 9.67 Å². The Labute approximate surface area is 123 Å². The van der Waals surface area contributed by atoms with Crippen molar-refractivity contribution in [2.75, 3.05) is 0 Å². The quantitative estimate of drug-likeness (QED) is 0.737. The lowest BCUT2D eigenvalue weighted by molar-refractivity contribution is 0.594. The Balaban J connectivity index is 2.08. The first kappa shape index (κ1) is 13.1. The predicted molar refractivity (Wildman–Crippen MR) is 79.6 cm³/mol. The fraction of sp³-hybridized carbons (Fsp3) is 0.118. The number of hydrogen-bond acceptors (Lipinski definition) is 3. The first-order valence-electron chi connectivity index (χ1n) is 6.68. The van der Waals surface area contributed by atoms with Crippen LogP contribution in [0, 0.1) is 18.3 Å². The fourth-order valence-corrected chi connectivity index (χ4v) is 2.34. The number of nitriles is 1. The SMILES string of the molecule is Cc1ccc(C(c2ccc(C#N)cc2)n2cncn2)cc1. The average molecular weight is 274 g/mol. The molecule has 0 amide bonds. The van der Waals surface area contributed by atoms with Crippen molar-refractivity contribution in [2.24, 2.45) is 0 Å². The highest BCUT2D eigenvalue weighted by Crippen LogP contribution is 2.26. The molecule has 0 aliphatic rings. The first-order chi connectivity index (χ1) is 10.3. The van der Waals surface area contributed by atoms with E-state index in [1.54, 1.807) is 6.33 Å². The minimum Gasteiger partial charge on any atom is -0.241 e. The maximum Gasteiger partial charge on any atom is 0.137 e. The summed E-state index contributed by atoms with van der Waals surface area (Å²) in [5, 5.41) is 13.2. The second-order valence-corrected chi connectivity index (χ2v) is 4.92. The van der Waals surface area contributed by atoms with Crippen molar-refractivity contribution in [1.29, 1.82) is 5.26 Å². The summed E-state index contributed by atoms with van der Waals surface area (Å²) < 4.78 is 1.83. The third-order valence-electron chi connectivity index (χ3n) is 3.45. The van der Waals surface area contributed by atoms with E-state index in [4.69, 9.17) is 5.26 Å². The van der Waals surface area contributed by atoms with Gasteiger partial charge in [-0.3, -0.25) is 0 Å². The Bertz CT molecular complexity index is 750. The van der Waals surface area contributed by atoms with E-state index in [0.717, 1.165) is 11.1 Å². The molecule has 0 bridgehead atoms. The monoisotopic (exact) mass is 274 g/mol. The van der Waals surface area contributed by atoms with E-state index in [2.05, 4.69) is 47.3 Å². The van der Waals surface area contributed by atoms with E-state index in [-0.39, 0.29) is 6.04 Å². The van der Waals surface area contributed by atoms with Gasteiger partial charge < -0.3 is 0 Å². The van der Waals surface area contributed by atoms with Crippen molar-refractivity contribution in [3.8, 4) is 6.07 Å². The number of benzene rings is 2. The van der Waals surface area contributed by atoms with Gasteiger partial charge in [0.15, 0.2) is 0 Å². The van der Waals surface area contributed by atoms with Crippen LogP contribution in [0.15, 0.2) is 61.2 Å². The Morgan fingerprint density at radius 1 is 1.00 bits per heavy atom. The van der Waals surface area contributed by atoms with Gasteiger partial charge in [0, 0.05) is 0 Å². The van der Waals surface area contributed by atoms with Crippen molar-refractivity contribution in [2.45, 2.75) is 13.0 Å². The van der Waals surface area contributed by atoms with Crippen molar-refractivity contribution < 1.29 is 0 Å². The standard InChI is InChI=1S/C17H14N4/c1-13-2-6-15(7-3-13)17(21-12-19-11-20-21)16-8-4-14(10-18)5-9-16/h2-9,11-12,17H,1H3. The van der Waals surface area contributed by atoms with E-state index < -0.39 is 0 Å².